The van der Waals surface area contributed by atoms with Crippen LogP contribution in [-0.2, 0) is 4.74 Å². The van der Waals surface area contributed by atoms with Gasteiger partial charge in [0.1, 0.15) is 0 Å². The van der Waals surface area contributed by atoms with Gasteiger partial charge in [-0.1, -0.05) is 0 Å². The normalized spacial score (nSPS) is 12.7. The summed E-state index contributed by atoms with van der Waals surface area (Å²) in [5.41, 5.74) is 0. The largest absolute Gasteiger partial charge is 0.384 e. The van der Waals surface area contributed by atoms with Gasteiger partial charge < -0.3 is 4.74 Å². The van der Waals surface area contributed by atoms with Crippen LogP contribution in [0, 0.1) is 0 Å². The Morgan fingerprint density at radius 1 is 1.44 bits per heavy atom. The molecule has 0 unspecified atom stereocenters. The molecule has 1 nitrogen and oxygen atoms in total. The molecule has 0 bridgehead atoms. The lowest BCUT2D eigenvalue weighted by atomic mass is 10.5. The van der Waals surface area contributed by atoms with E-state index in [9.17, 15) is 13.2 Å². The first-order valence-corrected chi connectivity index (χ1v) is 2.59. The van der Waals surface area contributed by atoms with E-state index in [2.05, 4.69) is 4.74 Å². The molecule has 0 atom stereocenters. The van der Waals surface area contributed by atoms with Gasteiger partial charge in [-0.25, -0.2) is 4.39 Å². The molecule has 0 saturated heterocycles. The van der Waals surface area contributed by atoms with Crippen molar-refractivity contribution in [3.8, 4) is 0 Å². The van der Waals surface area contributed by atoms with E-state index in [0.29, 0.717) is 0 Å². The molecule has 0 heterocycles. The third-order valence-corrected chi connectivity index (χ3v) is 0.564. The van der Waals surface area contributed by atoms with E-state index < -0.39 is 18.9 Å². The minimum absolute atomic E-state index is 0.643. The molecule has 0 rings (SSSR count). The number of hydrogen-bond donors (Lipinski definition) is 0. The third-order valence-electron chi connectivity index (χ3n) is 0.564. The molecule has 0 aromatic rings. The van der Waals surface area contributed by atoms with Crippen LogP contribution < -0.4 is 0 Å². The van der Waals surface area contributed by atoms with Crippen LogP contribution in [0.1, 0.15) is 13.8 Å². The van der Waals surface area contributed by atoms with E-state index in [0.717, 1.165) is 0 Å². The zero-order valence-corrected chi connectivity index (χ0v) is 5.33. The molecule has 56 valence electrons. The zero-order valence-electron chi connectivity index (χ0n) is 5.33. The predicted octanol–water partition coefficient (Wildman–Crippen LogP) is 1.97. The Kier molecular flexibility index (Phi) is 2.97. The van der Waals surface area contributed by atoms with Crippen LogP contribution in [0.25, 0.3) is 0 Å². The summed E-state index contributed by atoms with van der Waals surface area (Å²) in [5, 5.41) is 0. The van der Waals surface area contributed by atoms with Crippen molar-refractivity contribution < 1.29 is 17.9 Å². The minimum Gasteiger partial charge on any atom is -0.316 e. The van der Waals surface area contributed by atoms with Crippen LogP contribution in [0.3, 0.4) is 0 Å². The Morgan fingerprint density at radius 2 is 1.89 bits per heavy atom. The van der Waals surface area contributed by atoms with Gasteiger partial charge >= 0.3 is 6.11 Å². The monoisotopic (exact) mass is 142 g/mol. The van der Waals surface area contributed by atoms with Gasteiger partial charge in [-0.05, 0) is 13.8 Å². The number of ether oxygens (including phenoxy) is 1. The highest BCUT2D eigenvalue weighted by Crippen LogP contribution is 2.17. The van der Waals surface area contributed by atoms with Crippen molar-refractivity contribution in [3.05, 3.63) is 0 Å². The van der Waals surface area contributed by atoms with E-state index >= 15 is 0 Å². The van der Waals surface area contributed by atoms with Gasteiger partial charge in [0.15, 0.2) is 6.67 Å². The van der Waals surface area contributed by atoms with Crippen LogP contribution in [0.2, 0.25) is 0 Å². The van der Waals surface area contributed by atoms with Gasteiger partial charge in [-0.15, -0.1) is 0 Å². The maximum Gasteiger partial charge on any atom is 0.384 e. The van der Waals surface area contributed by atoms with Gasteiger partial charge in [0.25, 0.3) is 0 Å². The molecule has 4 heteroatoms. The van der Waals surface area contributed by atoms with E-state index in [1.54, 1.807) is 0 Å². The van der Waals surface area contributed by atoms with Crippen LogP contribution in [0.15, 0.2) is 0 Å². The Hall–Kier alpha value is -0.250. The van der Waals surface area contributed by atoms with E-state index in [4.69, 9.17) is 0 Å². The topological polar surface area (TPSA) is 9.23 Å². The fraction of sp³-hybridized carbons (Fsp3) is 1.00. The van der Waals surface area contributed by atoms with Crippen LogP contribution >= 0.6 is 0 Å². The number of alkyl halides is 3. The van der Waals surface area contributed by atoms with Crippen LogP contribution in [0.5, 0.6) is 0 Å². The summed E-state index contributed by atoms with van der Waals surface area (Å²) in [4.78, 5) is 0. The molecule has 0 N–H and O–H groups in total. The summed E-state index contributed by atoms with van der Waals surface area (Å²) in [6, 6.07) is 0. The lowest BCUT2D eigenvalue weighted by Crippen LogP contribution is -2.26. The average Bonchev–Trinajstić information content (AvgIpc) is 1.63. The zero-order chi connectivity index (χ0) is 7.49. The Morgan fingerprint density at radius 3 is 2.00 bits per heavy atom. The highest BCUT2D eigenvalue weighted by Gasteiger charge is 2.30. The quantitative estimate of drug-likeness (QED) is 0.585. The van der Waals surface area contributed by atoms with Crippen molar-refractivity contribution in [3.63, 3.8) is 0 Å². The van der Waals surface area contributed by atoms with E-state index in [-0.39, 0.29) is 0 Å². The smallest absolute Gasteiger partial charge is 0.316 e. The van der Waals surface area contributed by atoms with Crippen molar-refractivity contribution in [1.29, 1.82) is 0 Å². The molecule has 0 radical (unpaired) electrons. The van der Waals surface area contributed by atoms with Crippen molar-refractivity contribution in [2.75, 3.05) is 6.67 Å². The molecule has 0 saturated carbocycles. The van der Waals surface area contributed by atoms with Gasteiger partial charge in [0, 0.05) is 0 Å². The highest BCUT2D eigenvalue weighted by molar-refractivity contribution is 4.50. The first-order valence-electron chi connectivity index (χ1n) is 2.59. The SMILES string of the molecule is CC(C)OC(F)(F)CF. The predicted molar refractivity (Wildman–Crippen MR) is 27.1 cm³/mol. The lowest BCUT2D eigenvalue weighted by molar-refractivity contribution is -0.262. The van der Waals surface area contributed by atoms with Crippen molar-refractivity contribution in [1.82, 2.24) is 0 Å². The van der Waals surface area contributed by atoms with Gasteiger partial charge in [-0.3, -0.25) is 0 Å². The molecule has 0 aliphatic heterocycles. The second-order valence-electron chi connectivity index (χ2n) is 1.94. The molecular weight excluding hydrogens is 133 g/mol. The van der Waals surface area contributed by atoms with Crippen LogP contribution in [0.4, 0.5) is 13.2 Å². The molecule has 0 amide bonds. The summed E-state index contributed by atoms with van der Waals surface area (Å²) < 4.78 is 38.7. The minimum atomic E-state index is -3.60. The maximum atomic E-state index is 11.8. The maximum absolute atomic E-state index is 11.8. The first kappa shape index (κ1) is 8.75. The summed E-state index contributed by atoms with van der Waals surface area (Å²) in [6.07, 6.45) is -4.25. The Bertz CT molecular complexity index is 82.3. The van der Waals surface area contributed by atoms with E-state index in [1.165, 1.54) is 13.8 Å². The fourth-order valence-corrected chi connectivity index (χ4v) is 0.376. The summed E-state index contributed by atoms with van der Waals surface area (Å²) >= 11 is 0. The van der Waals surface area contributed by atoms with Crippen molar-refractivity contribution in [2.45, 2.75) is 26.1 Å². The fourth-order valence-electron chi connectivity index (χ4n) is 0.376. The molecule has 0 spiro atoms. The molecule has 0 aliphatic carbocycles. The molecule has 0 fully saturated rings. The lowest BCUT2D eigenvalue weighted by Gasteiger charge is -2.15. The number of rotatable bonds is 3. The Labute approximate surface area is 51.8 Å². The molecule has 9 heavy (non-hydrogen) atoms. The summed E-state index contributed by atoms with van der Waals surface area (Å²) in [5.74, 6) is 0. The summed E-state index contributed by atoms with van der Waals surface area (Å²) in [7, 11) is 0. The van der Waals surface area contributed by atoms with E-state index in [1.807, 2.05) is 0 Å². The standard InChI is InChI=1S/C5H9F3O/c1-4(2)9-5(7,8)3-6/h4H,3H2,1-2H3. The molecular formula is C5H9F3O. The molecule has 0 aromatic heterocycles. The molecule has 0 aromatic carbocycles. The van der Waals surface area contributed by atoms with Crippen LogP contribution in [-0.4, -0.2) is 18.9 Å². The first-order chi connectivity index (χ1) is 3.98. The molecule has 0 aliphatic rings. The van der Waals surface area contributed by atoms with Gasteiger partial charge in [0.2, 0.25) is 0 Å². The number of halogens is 3. The van der Waals surface area contributed by atoms with Gasteiger partial charge in [0.05, 0.1) is 6.10 Å². The summed E-state index contributed by atoms with van der Waals surface area (Å²) in [6.45, 7) is 1.08. The second kappa shape index (κ2) is 3.06. The second-order valence-corrected chi connectivity index (χ2v) is 1.94. The Balaban J connectivity index is 3.58. The number of hydrogen-bond acceptors (Lipinski definition) is 1. The average molecular weight is 142 g/mol. The van der Waals surface area contributed by atoms with Gasteiger partial charge in [-0.2, -0.15) is 8.78 Å². The van der Waals surface area contributed by atoms with Crippen molar-refractivity contribution >= 4 is 0 Å². The van der Waals surface area contributed by atoms with Crippen molar-refractivity contribution in [2.24, 2.45) is 0 Å². The third kappa shape index (κ3) is 4.27. The highest BCUT2D eigenvalue weighted by atomic mass is 19.3.